The molecule has 0 saturated carbocycles. The van der Waals surface area contributed by atoms with Crippen molar-refractivity contribution in [2.75, 3.05) is 0 Å². The first-order valence-electron chi connectivity index (χ1n) is 17.9. The minimum atomic E-state index is -2.24. The largest absolute Gasteiger partial charge is 0.457 e. The summed E-state index contributed by atoms with van der Waals surface area (Å²) in [4.78, 5) is 4.96. The Morgan fingerprint density at radius 2 is 1.47 bits per heavy atom. The summed E-state index contributed by atoms with van der Waals surface area (Å²) in [7, 11) is 0. The molecule has 4 aromatic carbocycles. The summed E-state index contributed by atoms with van der Waals surface area (Å²) in [5.41, 5.74) is 9.45. The van der Waals surface area contributed by atoms with Crippen LogP contribution in [0, 0.1) is 0 Å². The van der Waals surface area contributed by atoms with Gasteiger partial charge in [0.2, 0.25) is 6.33 Å². The van der Waals surface area contributed by atoms with Crippen LogP contribution < -0.4 is 9.30 Å². The Hall–Kier alpha value is -5.16. The smallest absolute Gasteiger partial charge is 0.248 e. The highest BCUT2D eigenvalue weighted by molar-refractivity contribution is 6.09. The third-order valence-electron chi connectivity index (χ3n) is 9.03. The first kappa shape index (κ1) is 27.0. The lowest BCUT2D eigenvalue weighted by Gasteiger charge is -2.23. The van der Waals surface area contributed by atoms with Gasteiger partial charge in [-0.05, 0) is 88.0 Å². The van der Waals surface area contributed by atoms with Crippen LogP contribution in [0.4, 0.5) is 0 Å². The number of hydrogen-bond acceptors (Lipinski definition) is 2. The lowest BCUT2D eigenvalue weighted by molar-refractivity contribution is -0.670. The molecule has 7 rings (SSSR count). The number of pyridine rings is 1. The van der Waals surface area contributed by atoms with Gasteiger partial charge in [-0.15, -0.1) is 0 Å². The van der Waals surface area contributed by atoms with E-state index in [-0.39, 0.29) is 0 Å². The summed E-state index contributed by atoms with van der Waals surface area (Å²) in [5, 5.41) is 2.26. The molecule has 0 aliphatic heterocycles. The maximum atomic E-state index is 7.71. The molecule has 0 atom stereocenters. The van der Waals surface area contributed by atoms with Crippen molar-refractivity contribution in [2.45, 2.75) is 59.3 Å². The number of aryl methyl sites for hydroxylation is 1. The van der Waals surface area contributed by atoms with E-state index < -0.39 is 6.98 Å². The van der Waals surface area contributed by atoms with E-state index in [0.29, 0.717) is 29.3 Å². The molecule has 7 aromatic rings. The highest BCUT2D eigenvalue weighted by Gasteiger charge is 2.21. The van der Waals surface area contributed by atoms with Crippen LogP contribution in [0.1, 0.15) is 80.1 Å². The molecule has 0 N–H and O–H groups in total. The van der Waals surface area contributed by atoms with E-state index in [1.807, 2.05) is 36.5 Å². The lowest BCUT2D eigenvalue weighted by atomic mass is 9.82. The van der Waals surface area contributed by atoms with E-state index in [4.69, 9.17) is 13.8 Å². The number of imidazole rings is 1. The van der Waals surface area contributed by atoms with Gasteiger partial charge in [-0.25, -0.2) is 14.1 Å². The highest BCUT2D eigenvalue weighted by Crippen LogP contribution is 2.40. The normalized spacial score (nSPS) is 13.1. The van der Waals surface area contributed by atoms with E-state index in [9.17, 15) is 0 Å². The molecule has 0 saturated heterocycles. The van der Waals surface area contributed by atoms with Crippen molar-refractivity contribution in [1.82, 2.24) is 14.1 Å². The van der Waals surface area contributed by atoms with Crippen LogP contribution in [0.2, 0.25) is 0 Å². The van der Waals surface area contributed by atoms with Gasteiger partial charge in [0, 0.05) is 29.1 Å². The van der Waals surface area contributed by atoms with Crippen molar-refractivity contribution in [3.63, 3.8) is 0 Å². The number of fused-ring (bicyclic) bond motifs is 3. The third kappa shape index (κ3) is 5.71. The van der Waals surface area contributed by atoms with Crippen LogP contribution in [0.15, 0.2) is 116 Å². The summed E-state index contributed by atoms with van der Waals surface area (Å²) in [6.45, 7) is 11.4. The third-order valence-corrected chi connectivity index (χ3v) is 9.03. The molecule has 3 aromatic heterocycles. The van der Waals surface area contributed by atoms with Crippen LogP contribution in [-0.4, -0.2) is 14.1 Å². The first-order valence-corrected chi connectivity index (χ1v) is 16.4. The van der Waals surface area contributed by atoms with Crippen molar-refractivity contribution in [1.29, 1.82) is 0 Å². The zero-order valence-electron chi connectivity index (χ0n) is 30.9. The minimum Gasteiger partial charge on any atom is -0.457 e. The molecule has 5 heteroatoms. The molecule has 5 nitrogen and oxygen atoms in total. The van der Waals surface area contributed by atoms with Gasteiger partial charge in [0.1, 0.15) is 35.4 Å². The van der Waals surface area contributed by atoms with E-state index in [1.54, 1.807) is 23.3 Å². The van der Waals surface area contributed by atoms with Gasteiger partial charge in [-0.2, -0.15) is 0 Å². The highest BCUT2D eigenvalue weighted by atomic mass is 16.5. The second-order valence-electron chi connectivity index (χ2n) is 13.3. The fourth-order valence-electron chi connectivity index (χ4n) is 6.60. The Morgan fingerprint density at radius 3 is 2.19 bits per heavy atom. The van der Waals surface area contributed by atoms with Crippen molar-refractivity contribution in [3.05, 3.63) is 133 Å². The lowest BCUT2D eigenvalue weighted by Crippen LogP contribution is -2.23. The molecule has 0 radical (unpaired) electrons. The summed E-state index contributed by atoms with van der Waals surface area (Å²) in [6, 6.07) is 31.4. The summed E-state index contributed by atoms with van der Waals surface area (Å²) in [6.07, 6.45) is 6.76. The molecule has 0 amide bonds. The summed E-state index contributed by atoms with van der Waals surface area (Å²) < 4.78 is 34.8. The molecule has 236 valence electrons. The molecule has 47 heavy (non-hydrogen) atoms. The number of hydrogen-bond donors (Lipinski definition) is 0. The maximum Gasteiger partial charge on any atom is 0.248 e. The molecule has 0 fully saturated rings. The van der Waals surface area contributed by atoms with Crippen LogP contribution >= 0.6 is 0 Å². The predicted octanol–water partition coefficient (Wildman–Crippen LogP) is 10.6. The number of rotatable bonds is 8. The predicted molar refractivity (Wildman–Crippen MR) is 193 cm³/mol. The zero-order valence-corrected chi connectivity index (χ0v) is 27.9. The first-order chi connectivity index (χ1) is 23.9. The molecule has 3 heterocycles. The minimum absolute atomic E-state index is 0.365. The Kier molecular flexibility index (Phi) is 7.02. The van der Waals surface area contributed by atoms with Crippen molar-refractivity contribution in [2.24, 2.45) is 6.98 Å². The number of aromatic nitrogens is 4. The number of nitrogens with zero attached hydrogens (tertiary/aromatic N) is 4. The Bertz CT molecular complexity index is 2320. The number of benzene rings is 4. The fourth-order valence-corrected chi connectivity index (χ4v) is 6.60. The molecule has 0 unspecified atom stereocenters. The quantitative estimate of drug-likeness (QED) is 0.158. The van der Waals surface area contributed by atoms with Crippen LogP contribution in [-0.2, 0) is 6.98 Å². The fraction of sp³-hybridized carbons (Fsp3) is 0.238. The van der Waals surface area contributed by atoms with E-state index in [1.165, 1.54) is 26.8 Å². The molecular weight excluding hydrogens is 576 g/mol. The maximum absolute atomic E-state index is 7.71. The second-order valence-corrected chi connectivity index (χ2v) is 13.3. The van der Waals surface area contributed by atoms with Gasteiger partial charge in [0.15, 0.2) is 0 Å². The van der Waals surface area contributed by atoms with E-state index in [0.717, 1.165) is 38.9 Å². The molecular formula is C42H43N4O+. The monoisotopic (exact) mass is 622 g/mol. The molecule has 0 bridgehead atoms. The molecule has 0 aliphatic carbocycles. The molecule has 0 spiro atoms. The van der Waals surface area contributed by atoms with Gasteiger partial charge in [0.25, 0.3) is 0 Å². The Labute approximate surface area is 281 Å². The SMILES string of the molecule is [2H]C([2H])([2H])[n+]1ccn(-c2cccc(Oc3ccc4c5ccccc5n(-c5cc(-c6c(C(C)C)cc(C(C)C)cc6C(C)C)ccn5)c4c3)c2)c1. The van der Waals surface area contributed by atoms with Gasteiger partial charge in [0.05, 0.1) is 22.1 Å². The number of para-hydroxylation sites is 1. The van der Waals surface area contributed by atoms with Crippen LogP contribution in [0.3, 0.4) is 0 Å². The van der Waals surface area contributed by atoms with E-state index in [2.05, 4.69) is 107 Å². The van der Waals surface area contributed by atoms with Gasteiger partial charge in [-0.1, -0.05) is 77.9 Å². The Balaban J connectivity index is 1.33. The zero-order chi connectivity index (χ0) is 35.3. The number of ether oxygens (including phenoxy) is 1. The van der Waals surface area contributed by atoms with Gasteiger partial charge < -0.3 is 4.74 Å². The van der Waals surface area contributed by atoms with E-state index >= 15 is 0 Å². The standard InChI is InChI=1S/C42H43N4O/c1-27(2)31-21-37(28(3)4)42(38(22-31)29(5)6)30-17-18-43-41(23-30)46-39-14-9-8-13-35(39)36-16-15-34(25-40(36)46)47-33-12-10-11-32(24-33)45-20-19-44(7)26-45/h8-29H,1-7H3/q+1/i7D3. The topological polar surface area (TPSA) is 35.9 Å². The second kappa shape index (κ2) is 12.2. The Morgan fingerprint density at radius 1 is 0.723 bits per heavy atom. The summed E-state index contributed by atoms with van der Waals surface area (Å²) in [5.74, 6) is 3.36. The summed E-state index contributed by atoms with van der Waals surface area (Å²) >= 11 is 0. The van der Waals surface area contributed by atoms with Crippen molar-refractivity contribution < 1.29 is 13.4 Å². The van der Waals surface area contributed by atoms with Crippen molar-refractivity contribution >= 4 is 21.8 Å². The van der Waals surface area contributed by atoms with Crippen LogP contribution in [0.5, 0.6) is 11.5 Å². The van der Waals surface area contributed by atoms with Crippen LogP contribution in [0.25, 0.3) is 44.4 Å². The average molecular weight is 623 g/mol. The van der Waals surface area contributed by atoms with Gasteiger partial charge in [-0.3, -0.25) is 4.57 Å². The van der Waals surface area contributed by atoms with Crippen molar-refractivity contribution in [3.8, 4) is 34.1 Å². The molecule has 0 aliphatic rings. The van der Waals surface area contributed by atoms with Gasteiger partial charge >= 0.3 is 0 Å². The average Bonchev–Trinajstić information content (AvgIpc) is 3.72.